The maximum atomic E-state index is 12.6. The minimum Gasteiger partial charge on any atom is -0.494 e. The van der Waals surface area contributed by atoms with Crippen LogP contribution in [0.4, 0.5) is 4.79 Å². The Balaban J connectivity index is 2.25. The van der Waals surface area contributed by atoms with Crippen LogP contribution in [0.25, 0.3) is 16.7 Å². The van der Waals surface area contributed by atoms with Gasteiger partial charge in [-0.25, -0.2) is 19.3 Å². The SMILES string of the molecule is COc1cnc(-n2ncnc2C)c2c1ccn2C(=O)OC(C)(C)C. The molecule has 3 heterocycles. The second kappa shape index (κ2) is 5.63. The van der Waals surface area contributed by atoms with Crippen molar-refractivity contribution in [2.75, 3.05) is 7.11 Å². The molecule has 0 aliphatic rings. The molecule has 0 aliphatic carbocycles. The summed E-state index contributed by atoms with van der Waals surface area (Å²) < 4.78 is 13.8. The van der Waals surface area contributed by atoms with Gasteiger partial charge in [0.1, 0.15) is 29.0 Å². The fourth-order valence-electron chi connectivity index (χ4n) is 2.40. The van der Waals surface area contributed by atoms with Gasteiger partial charge < -0.3 is 9.47 Å². The predicted octanol–water partition coefficient (Wildman–Crippen LogP) is 2.72. The van der Waals surface area contributed by atoms with Crippen molar-refractivity contribution >= 4 is 17.0 Å². The highest BCUT2D eigenvalue weighted by atomic mass is 16.6. The van der Waals surface area contributed by atoms with E-state index in [2.05, 4.69) is 15.1 Å². The van der Waals surface area contributed by atoms with E-state index in [0.717, 1.165) is 5.39 Å². The zero-order valence-electron chi connectivity index (χ0n) is 14.3. The summed E-state index contributed by atoms with van der Waals surface area (Å²) in [6.45, 7) is 7.26. The summed E-state index contributed by atoms with van der Waals surface area (Å²) >= 11 is 0. The second-order valence-electron chi connectivity index (χ2n) is 6.30. The lowest BCUT2D eigenvalue weighted by atomic mass is 10.2. The van der Waals surface area contributed by atoms with Crippen molar-refractivity contribution in [3.8, 4) is 11.6 Å². The van der Waals surface area contributed by atoms with Crippen LogP contribution in [0.3, 0.4) is 0 Å². The quantitative estimate of drug-likeness (QED) is 0.719. The van der Waals surface area contributed by atoms with Crippen LogP contribution < -0.4 is 4.74 Å². The molecule has 0 atom stereocenters. The lowest BCUT2D eigenvalue weighted by molar-refractivity contribution is 0.0544. The number of hydrogen-bond acceptors (Lipinski definition) is 6. The van der Waals surface area contributed by atoms with E-state index in [1.165, 1.54) is 10.9 Å². The van der Waals surface area contributed by atoms with Crippen molar-refractivity contribution in [1.29, 1.82) is 0 Å². The molecule has 0 N–H and O–H groups in total. The van der Waals surface area contributed by atoms with Crippen LogP contribution in [0.15, 0.2) is 24.8 Å². The lowest BCUT2D eigenvalue weighted by Crippen LogP contribution is -2.27. The molecule has 3 rings (SSSR count). The van der Waals surface area contributed by atoms with Gasteiger partial charge in [0.2, 0.25) is 0 Å². The normalized spacial score (nSPS) is 11.7. The Morgan fingerprint density at radius 3 is 2.58 bits per heavy atom. The molecule has 3 aromatic heterocycles. The minimum absolute atomic E-state index is 0.483. The van der Waals surface area contributed by atoms with Crippen LogP contribution in [0.5, 0.6) is 5.75 Å². The van der Waals surface area contributed by atoms with Gasteiger partial charge in [-0.2, -0.15) is 9.78 Å². The van der Waals surface area contributed by atoms with Gasteiger partial charge in [-0.05, 0) is 33.8 Å². The van der Waals surface area contributed by atoms with E-state index >= 15 is 0 Å². The van der Waals surface area contributed by atoms with Crippen LogP contribution in [-0.4, -0.2) is 43.1 Å². The van der Waals surface area contributed by atoms with E-state index < -0.39 is 11.7 Å². The molecule has 126 valence electrons. The first-order valence-corrected chi connectivity index (χ1v) is 7.46. The molecule has 0 amide bonds. The Kier molecular flexibility index (Phi) is 3.75. The standard InChI is InChI=1S/C16H19N5O3/c1-10-18-9-19-21(10)14-13-11(12(23-5)8-17-14)6-7-20(13)15(22)24-16(2,3)4/h6-9H,1-5H3. The molecule has 0 unspecified atom stereocenters. The fraction of sp³-hybridized carbons (Fsp3) is 0.375. The molecule has 0 spiro atoms. The van der Waals surface area contributed by atoms with E-state index in [1.807, 2.05) is 27.7 Å². The molecule has 8 nitrogen and oxygen atoms in total. The van der Waals surface area contributed by atoms with Crippen molar-refractivity contribution in [2.45, 2.75) is 33.3 Å². The topological polar surface area (TPSA) is 84.1 Å². The minimum atomic E-state index is -0.608. The highest BCUT2D eigenvalue weighted by Gasteiger charge is 2.23. The van der Waals surface area contributed by atoms with Crippen molar-refractivity contribution in [3.05, 3.63) is 30.6 Å². The van der Waals surface area contributed by atoms with Gasteiger partial charge >= 0.3 is 6.09 Å². The molecule has 0 aromatic carbocycles. The van der Waals surface area contributed by atoms with Crippen LogP contribution >= 0.6 is 0 Å². The van der Waals surface area contributed by atoms with Gasteiger partial charge in [0.25, 0.3) is 0 Å². The number of nitrogens with zero attached hydrogens (tertiary/aromatic N) is 5. The van der Waals surface area contributed by atoms with Gasteiger partial charge in [0.15, 0.2) is 5.82 Å². The Hall–Kier alpha value is -2.90. The molecular formula is C16H19N5O3. The van der Waals surface area contributed by atoms with Crippen LogP contribution in [0.2, 0.25) is 0 Å². The molecule has 0 radical (unpaired) electrons. The van der Waals surface area contributed by atoms with Crippen molar-refractivity contribution in [2.24, 2.45) is 0 Å². The first-order valence-electron chi connectivity index (χ1n) is 7.46. The number of carbonyl (C=O) groups is 1. The van der Waals surface area contributed by atoms with Crippen LogP contribution in [-0.2, 0) is 4.74 Å². The first-order chi connectivity index (χ1) is 11.3. The third kappa shape index (κ3) is 2.70. The maximum absolute atomic E-state index is 12.6. The van der Waals surface area contributed by atoms with Gasteiger partial charge in [-0.15, -0.1) is 0 Å². The molecule has 0 saturated heterocycles. The number of ether oxygens (including phenoxy) is 2. The third-order valence-corrected chi connectivity index (χ3v) is 3.40. The van der Waals surface area contributed by atoms with E-state index in [0.29, 0.717) is 22.9 Å². The first kappa shape index (κ1) is 16.0. The highest BCUT2D eigenvalue weighted by Crippen LogP contribution is 2.30. The van der Waals surface area contributed by atoms with Crippen molar-refractivity contribution < 1.29 is 14.3 Å². The molecular weight excluding hydrogens is 310 g/mol. The maximum Gasteiger partial charge on any atom is 0.419 e. The van der Waals surface area contributed by atoms with Crippen LogP contribution in [0, 0.1) is 6.92 Å². The smallest absolute Gasteiger partial charge is 0.419 e. The monoisotopic (exact) mass is 329 g/mol. The second-order valence-corrected chi connectivity index (χ2v) is 6.30. The number of pyridine rings is 1. The average molecular weight is 329 g/mol. The van der Waals surface area contributed by atoms with E-state index in [9.17, 15) is 4.79 Å². The Morgan fingerprint density at radius 2 is 2.00 bits per heavy atom. The average Bonchev–Trinajstić information content (AvgIpc) is 3.11. The third-order valence-electron chi connectivity index (χ3n) is 3.40. The summed E-state index contributed by atoms with van der Waals surface area (Å²) in [5.74, 6) is 1.70. The molecule has 8 heteroatoms. The molecule has 0 fully saturated rings. The number of rotatable bonds is 2. The number of carbonyl (C=O) groups excluding carboxylic acids is 1. The summed E-state index contributed by atoms with van der Waals surface area (Å²) in [6.07, 6.45) is 4.18. The molecule has 24 heavy (non-hydrogen) atoms. The molecule has 0 saturated carbocycles. The van der Waals surface area contributed by atoms with Gasteiger partial charge in [-0.3, -0.25) is 0 Å². The molecule has 3 aromatic rings. The number of aryl methyl sites for hydroxylation is 1. The van der Waals surface area contributed by atoms with Gasteiger partial charge in [0.05, 0.1) is 13.3 Å². The summed E-state index contributed by atoms with van der Waals surface area (Å²) in [4.78, 5) is 21.1. The fourth-order valence-corrected chi connectivity index (χ4v) is 2.40. The summed E-state index contributed by atoms with van der Waals surface area (Å²) in [5.41, 5.74) is -0.0549. The van der Waals surface area contributed by atoms with E-state index in [1.54, 1.807) is 30.3 Å². The number of fused-ring (bicyclic) bond motifs is 1. The summed E-state index contributed by atoms with van der Waals surface area (Å²) in [5, 5.41) is 4.92. The zero-order valence-corrected chi connectivity index (χ0v) is 14.3. The summed E-state index contributed by atoms with van der Waals surface area (Å²) in [7, 11) is 1.56. The Labute approximate surface area is 139 Å². The van der Waals surface area contributed by atoms with Crippen LogP contribution in [0.1, 0.15) is 26.6 Å². The predicted molar refractivity (Wildman–Crippen MR) is 87.6 cm³/mol. The number of aromatic nitrogens is 5. The van der Waals surface area contributed by atoms with E-state index in [4.69, 9.17) is 9.47 Å². The largest absolute Gasteiger partial charge is 0.494 e. The van der Waals surface area contributed by atoms with Crippen molar-refractivity contribution in [1.82, 2.24) is 24.3 Å². The Bertz CT molecular complexity index is 904. The lowest BCUT2D eigenvalue weighted by Gasteiger charge is -2.20. The Morgan fingerprint density at radius 1 is 1.25 bits per heavy atom. The number of methoxy groups -OCH3 is 1. The van der Waals surface area contributed by atoms with Crippen molar-refractivity contribution in [3.63, 3.8) is 0 Å². The molecule has 0 bridgehead atoms. The van der Waals surface area contributed by atoms with Gasteiger partial charge in [0, 0.05) is 11.6 Å². The van der Waals surface area contributed by atoms with E-state index in [-0.39, 0.29) is 0 Å². The molecule has 0 aliphatic heterocycles. The zero-order chi connectivity index (χ0) is 17.5. The summed E-state index contributed by atoms with van der Waals surface area (Å²) in [6, 6.07) is 1.79. The number of hydrogen-bond donors (Lipinski definition) is 0. The highest BCUT2D eigenvalue weighted by molar-refractivity contribution is 5.97. The van der Waals surface area contributed by atoms with Gasteiger partial charge in [-0.1, -0.05) is 0 Å².